The Balaban J connectivity index is 3.63. The highest BCUT2D eigenvalue weighted by Gasteiger charge is 2.01. The monoisotopic (exact) mass is 177 g/mol. The second-order valence-electron chi connectivity index (χ2n) is 2.33. The zero-order valence-corrected chi connectivity index (χ0v) is 6.80. The number of aliphatic hydroxyl groups is 4. The third-order valence-electron chi connectivity index (χ3n) is 1.34. The molecule has 0 aromatic carbocycles. The van der Waals surface area contributed by atoms with Crippen LogP contribution in [0.4, 0.5) is 0 Å². The van der Waals surface area contributed by atoms with Gasteiger partial charge in [-0.15, -0.1) is 0 Å². The average Bonchev–Trinajstić information content (AvgIpc) is 2.01. The number of nitrogens with zero attached hydrogens (tertiary/aromatic N) is 1. The molecule has 0 spiro atoms. The molecule has 0 aromatic rings. The molecule has 0 fully saturated rings. The van der Waals surface area contributed by atoms with Gasteiger partial charge in [-0.1, -0.05) is 0 Å². The van der Waals surface area contributed by atoms with E-state index in [-0.39, 0.29) is 13.0 Å². The maximum absolute atomic E-state index is 8.55. The summed E-state index contributed by atoms with van der Waals surface area (Å²) in [6.07, 6.45) is 1.06. The van der Waals surface area contributed by atoms with Crippen molar-refractivity contribution < 1.29 is 20.4 Å². The Hall–Kier alpha value is -0.780. The molecule has 0 aliphatic heterocycles. The summed E-state index contributed by atoms with van der Waals surface area (Å²) in [5.41, 5.74) is 0. The summed E-state index contributed by atoms with van der Waals surface area (Å²) < 4.78 is 0. The van der Waals surface area contributed by atoms with Crippen LogP contribution >= 0.6 is 0 Å². The minimum atomic E-state index is -1.35. The molecule has 12 heavy (non-hydrogen) atoms. The molecule has 0 radical (unpaired) electrons. The van der Waals surface area contributed by atoms with E-state index in [1.165, 1.54) is 6.20 Å². The minimum absolute atomic E-state index is 0.0358. The van der Waals surface area contributed by atoms with E-state index >= 15 is 0 Å². The molecule has 5 heteroatoms. The summed E-state index contributed by atoms with van der Waals surface area (Å²) in [7, 11) is 0. The molecular weight excluding hydrogens is 162 g/mol. The predicted molar refractivity (Wildman–Crippen MR) is 43.3 cm³/mol. The van der Waals surface area contributed by atoms with Crippen LogP contribution < -0.4 is 0 Å². The van der Waals surface area contributed by atoms with Crippen LogP contribution in [0, 0.1) is 0 Å². The van der Waals surface area contributed by atoms with Crippen LogP contribution in [0.25, 0.3) is 0 Å². The van der Waals surface area contributed by atoms with Crippen molar-refractivity contribution >= 4 is 0 Å². The fraction of sp³-hybridized carbons (Fsp3) is 0.714. The van der Waals surface area contributed by atoms with Gasteiger partial charge in [-0.2, -0.15) is 0 Å². The van der Waals surface area contributed by atoms with Crippen molar-refractivity contribution in [2.24, 2.45) is 0 Å². The summed E-state index contributed by atoms with van der Waals surface area (Å²) in [4.78, 5) is 1.58. The smallest absolute Gasteiger partial charge is 0.153 e. The highest BCUT2D eigenvalue weighted by atomic mass is 16.5. The van der Waals surface area contributed by atoms with Crippen LogP contribution in [0.15, 0.2) is 12.5 Å². The molecule has 0 rings (SSSR count). The van der Waals surface area contributed by atoms with Crippen molar-refractivity contribution in [2.45, 2.75) is 12.7 Å². The molecule has 0 heterocycles. The average molecular weight is 177 g/mol. The van der Waals surface area contributed by atoms with Gasteiger partial charge in [-0.25, -0.2) is 0 Å². The van der Waals surface area contributed by atoms with Gasteiger partial charge in [-0.3, -0.25) is 0 Å². The van der Waals surface area contributed by atoms with Gasteiger partial charge in [0.25, 0.3) is 0 Å². The van der Waals surface area contributed by atoms with E-state index in [1.807, 2.05) is 0 Å². The summed E-state index contributed by atoms with van der Waals surface area (Å²) in [6, 6.07) is 0. The molecule has 0 atom stereocenters. The Morgan fingerprint density at radius 3 is 2.33 bits per heavy atom. The first-order valence-corrected chi connectivity index (χ1v) is 3.72. The standard InChI is InChI=1S/C7H15NO4/c9-5-3-8(4-6-10)2-1-7(11)12/h3,5,7,9-12H,1-2,4,6H2/b5-3+. The minimum Gasteiger partial charge on any atom is -0.514 e. The van der Waals surface area contributed by atoms with Crippen molar-refractivity contribution in [3.63, 3.8) is 0 Å². The normalized spacial score (nSPS) is 11.3. The number of hydrogen-bond donors (Lipinski definition) is 4. The summed E-state index contributed by atoms with van der Waals surface area (Å²) in [5.74, 6) is 0. The van der Waals surface area contributed by atoms with Crippen molar-refractivity contribution in [3.05, 3.63) is 12.5 Å². The first-order chi connectivity index (χ1) is 5.70. The van der Waals surface area contributed by atoms with Gasteiger partial charge in [0.2, 0.25) is 0 Å². The lowest BCUT2D eigenvalue weighted by Gasteiger charge is -2.18. The highest BCUT2D eigenvalue weighted by molar-refractivity contribution is 4.74. The molecule has 72 valence electrons. The molecule has 4 N–H and O–H groups in total. The van der Waals surface area contributed by atoms with Gasteiger partial charge in [0.1, 0.15) is 0 Å². The summed E-state index contributed by atoms with van der Waals surface area (Å²) in [5, 5.41) is 34.0. The molecular formula is C7H15NO4. The van der Waals surface area contributed by atoms with E-state index < -0.39 is 6.29 Å². The van der Waals surface area contributed by atoms with Crippen LogP contribution in [0.3, 0.4) is 0 Å². The summed E-state index contributed by atoms with van der Waals surface area (Å²) in [6.45, 7) is 0.713. The van der Waals surface area contributed by atoms with Crippen molar-refractivity contribution in [3.8, 4) is 0 Å². The van der Waals surface area contributed by atoms with Gasteiger partial charge in [0.15, 0.2) is 6.29 Å². The largest absolute Gasteiger partial charge is 0.514 e. The van der Waals surface area contributed by atoms with Crippen LogP contribution in [0.2, 0.25) is 0 Å². The van der Waals surface area contributed by atoms with Gasteiger partial charge in [0.05, 0.1) is 12.9 Å². The lowest BCUT2D eigenvalue weighted by molar-refractivity contribution is -0.0488. The summed E-state index contributed by atoms with van der Waals surface area (Å²) >= 11 is 0. The Morgan fingerprint density at radius 2 is 1.92 bits per heavy atom. The fourth-order valence-electron chi connectivity index (χ4n) is 0.765. The molecule has 0 amide bonds. The molecule has 0 aliphatic rings. The second kappa shape index (κ2) is 6.90. The van der Waals surface area contributed by atoms with Crippen LogP contribution in [0.5, 0.6) is 0 Å². The van der Waals surface area contributed by atoms with E-state index in [9.17, 15) is 0 Å². The highest BCUT2D eigenvalue weighted by Crippen LogP contribution is 1.94. The molecule has 0 bridgehead atoms. The predicted octanol–water partition coefficient (Wildman–Crippen LogP) is -0.989. The number of aliphatic hydroxyl groups excluding tert-OH is 3. The third-order valence-corrected chi connectivity index (χ3v) is 1.34. The molecule has 0 unspecified atom stereocenters. The Bertz CT molecular complexity index is 127. The fourth-order valence-corrected chi connectivity index (χ4v) is 0.765. The number of hydrogen-bond acceptors (Lipinski definition) is 5. The van der Waals surface area contributed by atoms with E-state index in [0.29, 0.717) is 13.1 Å². The van der Waals surface area contributed by atoms with Crippen molar-refractivity contribution in [1.82, 2.24) is 4.90 Å². The molecule has 0 saturated carbocycles. The first-order valence-electron chi connectivity index (χ1n) is 3.72. The first kappa shape index (κ1) is 11.2. The lowest BCUT2D eigenvalue weighted by atomic mass is 10.4. The molecule has 5 nitrogen and oxygen atoms in total. The van der Waals surface area contributed by atoms with E-state index in [0.717, 1.165) is 6.26 Å². The maximum Gasteiger partial charge on any atom is 0.153 e. The molecule has 0 aliphatic carbocycles. The van der Waals surface area contributed by atoms with E-state index in [4.69, 9.17) is 20.4 Å². The molecule has 0 saturated heterocycles. The topological polar surface area (TPSA) is 84.2 Å². The van der Waals surface area contributed by atoms with Crippen LogP contribution in [-0.4, -0.2) is 51.3 Å². The molecule has 0 aromatic heterocycles. The third kappa shape index (κ3) is 5.96. The van der Waals surface area contributed by atoms with E-state index in [2.05, 4.69) is 0 Å². The zero-order valence-electron chi connectivity index (χ0n) is 6.80. The number of rotatable bonds is 6. The van der Waals surface area contributed by atoms with Crippen LogP contribution in [-0.2, 0) is 0 Å². The maximum atomic E-state index is 8.55. The lowest BCUT2D eigenvalue weighted by Crippen LogP contribution is -2.25. The van der Waals surface area contributed by atoms with Crippen molar-refractivity contribution in [1.29, 1.82) is 0 Å². The SMILES string of the molecule is O/C=C/N(CCO)CCC(O)O. The quantitative estimate of drug-likeness (QED) is 0.309. The van der Waals surface area contributed by atoms with Crippen molar-refractivity contribution in [2.75, 3.05) is 19.7 Å². The van der Waals surface area contributed by atoms with Gasteiger partial charge >= 0.3 is 0 Å². The van der Waals surface area contributed by atoms with E-state index in [1.54, 1.807) is 4.90 Å². The van der Waals surface area contributed by atoms with Gasteiger partial charge in [-0.05, 0) is 0 Å². The van der Waals surface area contributed by atoms with Crippen LogP contribution in [0.1, 0.15) is 6.42 Å². The Labute approximate surface area is 71.2 Å². The Kier molecular flexibility index (Phi) is 6.45. The van der Waals surface area contributed by atoms with Gasteiger partial charge < -0.3 is 25.3 Å². The Morgan fingerprint density at radius 1 is 1.25 bits per heavy atom. The van der Waals surface area contributed by atoms with Gasteiger partial charge in [0, 0.05) is 25.7 Å². The second-order valence-corrected chi connectivity index (χ2v) is 2.33. The zero-order chi connectivity index (χ0) is 9.40.